The van der Waals surface area contributed by atoms with Crippen LogP contribution < -0.4 is 4.74 Å². The fourth-order valence-electron chi connectivity index (χ4n) is 3.92. The summed E-state index contributed by atoms with van der Waals surface area (Å²) in [7, 11) is 1.74. The fourth-order valence-corrected chi connectivity index (χ4v) is 3.92. The van der Waals surface area contributed by atoms with E-state index in [-0.39, 0.29) is 12.5 Å². The third kappa shape index (κ3) is 5.82. The highest BCUT2D eigenvalue weighted by molar-refractivity contribution is 5.44. The molecule has 0 amide bonds. The Hall–Kier alpha value is -1.84. The van der Waals surface area contributed by atoms with Crippen molar-refractivity contribution in [2.45, 2.75) is 58.5 Å². The van der Waals surface area contributed by atoms with Gasteiger partial charge < -0.3 is 9.84 Å². The summed E-state index contributed by atoms with van der Waals surface area (Å²) in [6.07, 6.45) is 1.70. The zero-order valence-corrected chi connectivity index (χ0v) is 17.5. The molecule has 0 saturated heterocycles. The Kier molecular flexibility index (Phi) is 8.33. The zero-order valence-electron chi connectivity index (χ0n) is 17.5. The highest BCUT2D eigenvalue weighted by Gasteiger charge is 2.22. The fraction of sp³-hybridized carbons (Fsp3) is 0.500. The minimum Gasteiger partial charge on any atom is -0.496 e. The van der Waals surface area contributed by atoms with Crippen molar-refractivity contribution >= 4 is 0 Å². The maximum absolute atomic E-state index is 9.35. The Balaban J connectivity index is 2.40. The van der Waals surface area contributed by atoms with E-state index in [9.17, 15) is 5.11 Å². The van der Waals surface area contributed by atoms with E-state index in [4.69, 9.17) is 4.74 Å². The van der Waals surface area contributed by atoms with Crippen molar-refractivity contribution in [1.82, 2.24) is 4.90 Å². The Morgan fingerprint density at radius 3 is 2.19 bits per heavy atom. The largest absolute Gasteiger partial charge is 0.496 e. The molecule has 148 valence electrons. The van der Waals surface area contributed by atoms with Crippen LogP contribution in [0, 0.1) is 0 Å². The summed E-state index contributed by atoms with van der Waals surface area (Å²) < 4.78 is 5.71. The Labute approximate surface area is 165 Å². The molecule has 0 fully saturated rings. The monoisotopic (exact) mass is 369 g/mol. The number of aliphatic hydroxyl groups excluding tert-OH is 1. The van der Waals surface area contributed by atoms with Crippen LogP contribution in [0.5, 0.6) is 5.75 Å². The second-order valence-electron chi connectivity index (χ2n) is 7.73. The van der Waals surface area contributed by atoms with Crippen molar-refractivity contribution in [3.8, 4) is 5.75 Å². The first-order chi connectivity index (χ1) is 13.0. The van der Waals surface area contributed by atoms with Gasteiger partial charge in [-0.1, -0.05) is 42.5 Å². The van der Waals surface area contributed by atoms with E-state index in [2.05, 4.69) is 75.1 Å². The first-order valence-corrected chi connectivity index (χ1v) is 10.1. The van der Waals surface area contributed by atoms with Gasteiger partial charge in [0.1, 0.15) is 5.75 Å². The topological polar surface area (TPSA) is 32.7 Å². The molecular formula is C24H35NO2. The highest BCUT2D eigenvalue weighted by Crippen LogP contribution is 2.35. The van der Waals surface area contributed by atoms with E-state index >= 15 is 0 Å². The van der Waals surface area contributed by atoms with Crippen molar-refractivity contribution in [2.24, 2.45) is 0 Å². The lowest BCUT2D eigenvalue weighted by atomic mass is 9.86. The molecule has 0 heterocycles. The molecule has 0 radical (unpaired) electrons. The second-order valence-corrected chi connectivity index (χ2v) is 7.73. The van der Waals surface area contributed by atoms with E-state index in [0.29, 0.717) is 18.5 Å². The lowest BCUT2D eigenvalue weighted by Gasteiger charge is -2.32. The van der Waals surface area contributed by atoms with Crippen LogP contribution in [-0.4, -0.2) is 42.4 Å². The SMILES string of the molecule is COc1ccc(CCO)cc1[C@H](CCN(C(C)C)C(C)C)c1ccccc1. The van der Waals surface area contributed by atoms with Crippen LogP contribution in [0.3, 0.4) is 0 Å². The van der Waals surface area contributed by atoms with E-state index in [1.54, 1.807) is 7.11 Å². The number of hydrogen-bond acceptors (Lipinski definition) is 3. The summed E-state index contributed by atoms with van der Waals surface area (Å²) >= 11 is 0. The number of methoxy groups -OCH3 is 1. The van der Waals surface area contributed by atoms with Gasteiger partial charge in [-0.25, -0.2) is 0 Å². The molecule has 0 aliphatic rings. The molecule has 3 nitrogen and oxygen atoms in total. The average Bonchev–Trinajstić information content (AvgIpc) is 2.65. The second kappa shape index (κ2) is 10.5. The van der Waals surface area contributed by atoms with Crippen LogP contribution in [0.25, 0.3) is 0 Å². The summed E-state index contributed by atoms with van der Waals surface area (Å²) in [6, 6.07) is 18.0. The van der Waals surface area contributed by atoms with Crippen molar-refractivity contribution in [1.29, 1.82) is 0 Å². The minimum atomic E-state index is 0.163. The standard InChI is InChI=1S/C24H35NO2/c1-18(2)25(19(3)4)15-13-22(21-9-7-6-8-10-21)23-17-20(14-16-26)11-12-24(23)27-5/h6-12,17-19,22,26H,13-16H2,1-5H3/t22-/m1/s1. The van der Waals surface area contributed by atoms with Gasteiger partial charge in [0, 0.05) is 30.2 Å². The Morgan fingerprint density at radius 1 is 0.963 bits per heavy atom. The number of nitrogens with zero attached hydrogens (tertiary/aromatic N) is 1. The van der Waals surface area contributed by atoms with E-state index in [0.717, 1.165) is 24.3 Å². The maximum Gasteiger partial charge on any atom is 0.122 e. The average molecular weight is 370 g/mol. The number of rotatable bonds is 10. The third-order valence-corrected chi connectivity index (χ3v) is 5.27. The van der Waals surface area contributed by atoms with Crippen molar-refractivity contribution in [3.63, 3.8) is 0 Å². The first kappa shape index (κ1) is 21.5. The molecule has 0 unspecified atom stereocenters. The molecule has 2 aromatic carbocycles. The number of benzene rings is 2. The molecule has 0 aliphatic heterocycles. The van der Waals surface area contributed by atoms with Gasteiger partial charge in [0.15, 0.2) is 0 Å². The Morgan fingerprint density at radius 2 is 1.63 bits per heavy atom. The predicted octanol–water partition coefficient (Wildman–Crippen LogP) is 4.87. The molecule has 2 rings (SSSR count). The van der Waals surface area contributed by atoms with E-state index in [1.807, 2.05) is 6.07 Å². The maximum atomic E-state index is 9.35. The van der Waals surface area contributed by atoms with Gasteiger partial charge in [0.25, 0.3) is 0 Å². The molecule has 0 saturated carbocycles. The summed E-state index contributed by atoms with van der Waals surface area (Å²) in [6.45, 7) is 10.2. The van der Waals surface area contributed by atoms with Crippen LogP contribution in [0.4, 0.5) is 0 Å². The van der Waals surface area contributed by atoms with Gasteiger partial charge >= 0.3 is 0 Å². The molecule has 0 bridgehead atoms. The van der Waals surface area contributed by atoms with Crippen LogP contribution in [0.1, 0.15) is 56.7 Å². The van der Waals surface area contributed by atoms with Crippen LogP contribution in [0.15, 0.2) is 48.5 Å². The van der Waals surface area contributed by atoms with E-state index in [1.165, 1.54) is 11.1 Å². The predicted molar refractivity (Wildman–Crippen MR) is 114 cm³/mol. The van der Waals surface area contributed by atoms with Gasteiger partial charge in [-0.2, -0.15) is 0 Å². The lowest BCUT2D eigenvalue weighted by Crippen LogP contribution is -2.38. The van der Waals surface area contributed by atoms with Crippen molar-refractivity contribution in [2.75, 3.05) is 20.3 Å². The van der Waals surface area contributed by atoms with Gasteiger partial charge in [-0.3, -0.25) is 4.90 Å². The van der Waals surface area contributed by atoms with Crippen LogP contribution in [0.2, 0.25) is 0 Å². The molecule has 0 aliphatic carbocycles. The highest BCUT2D eigenvalue weighted by atomic mass is 16.5. The quantitative estimate of drug-likeness (QED) is 0.648. The smallest absolute Gasteiger partial charge is 0.122 e. The number of ether oxygens (including phenoxy) is 1. The lowest BCUT2D eigenvalue weighted by molar-refractivity contribution is 0.170. The van der Waals surface area contributed by atoms with Crippen LogP contribution >= 0.6 is 0 Å². The first-order valence-electron chi connectivity index (χ1n) is 10.1. The molecule has 2 aromatic rings. The summed E-state index contributed by atoms with van der Waals surface area (Å²) in [5, 5.41) is 9.35. The van der Waals surface area contributed by atoms with Crippen molar-refractivity contribution in [3.05, 3.63) is 65.2 Å². The molecular weight excluding hydrogens is 334 g/mol. The summed E-state index contributed by atoms with van der Waals surface area (Å²) in [4.78, 5) is 2.54. The van der Waals surface area contributed by atoms with E-state index < -0.39 is 0 Å². The molecule has 27 heavy (non-hydrogen) atoms. The summed E-state index contributed by atoms with van der Waals surface area (Å²) in [5.41, 5.74) is 3.67. The van der Waals surface area contributed by atoms with Gasteiger partial charge in [0.2, 0.25) is 0 Å². The zero-order chi connectivity index (χ0) is 19.8. The minimum absolute atomic E-state index is 0.163. The number of hydrogen-bond donors (Lipinski definition) is 1. The van der Waals surface area contributed by atoms with Gasteiger partial charge in [-0.05, 0) is 64.3 Å². The normalized spacial score (nSPS) is 12.8. The molecule has 3 heteroatoms. The third-order valence-electron chi connectivity index (χ3n) is 5.27. The van der Waals surface area contributed by atoms with Gasteiger partial charge in [-0.15, -0.1) is 0 Å². The Bertz CT molecular complexity index is 674. The van der Waals surface area contributed by atoms with Gasteiger partial charge in [0.05, 0.1) is 7.11 Å². The molecule has 0 spiro atoms. The molecule has 1 atom stereocenters. The molecule has 1 N–H and O–H groups in total. The van der Waals surface area contributed by atoms with Crippen molar-refractivity contribution < 1.29 is 9.84 Å². The number of aliphatic hydroxyl groups is 1. The summed E-state index contributed by atoms with van der Waals surface area (Å²) in [5.74, 6) is 1.19. The van der Waals surface area contributed by atoms with Crippen LogP contribution in [-0.2, 0) is 6.42 Å². The molecule has 0 aromatic heterocycles.